The van der Waals surface area contributed by atoms with Gasteiger partial charge in [-0.15, -0.1) is 0 Å². The molecule has 2 rings (SSSR count). The third kappa shape index (κ3) is 3.99. The summed E-state index contributed by atoms with van der Waals surface area (Å²) in [5, 5.41) is 13.7. The number of rotatable bonds is 5. The van der Waals surface area contributed by atoms with Gasteiger partial charge in [-0.1, -0.05) is 41.9 Å². The Kier molecular flexibility index (Phi) is 5.05. The van der Waals surface area contributed by atoms with Gasteiger partial charge in [0.2, 0.25) is 0 Å². The first kappa shape index (κ1) is 14.9. The Balaban J connectivity index is 1.96. The second-order valence-corrected chi connectivity index (χ2v) is 5.58. The predicted octanol–water partition coefficient (Wildman–Crippen LogP) is 4.33. The summed E-state index contributed by atoms with van der Waals surface area (Å²) in [5.74, 6) is 0.296. The maximum atomic E-state index is 9.31. The van der Waals surface area contributed by atoms with Gasteiger partial charge in [-0.25, -0.2) is 0 Å². The van der Waals surface area contributed by atoms with Gasteiger partial charge in [-0.3, -0.25) is 0 Å². The van der Waals surface area contributed by atoms with E-state index in [0.29, 0.717) is 11.8 Å². The van der Waals surface area contributed by atoms with Crippen molar-refractivity contribution < 1.29 is 5.11 Å². The molecule has 106 valence electrons. The summed E-state index contributed by atoms with van der Waals surface area (Å²) >= 11 is 6.18. The highest BCUT2D eigenvalue weighted by Crippen LogP contribution is 2.20. The second-order valence-electron chi connectivity index (χ2n) is 5.18. The van der Waals surface area contributed by atoms with Crippen LogP contribution in [-0.2, 0) is 6.42 Å². The molecule has 2 aromatic carbocycles. The number of phenolic OH excluding ortho intramolecular Hbond substituents is 1. The molecule has 0 aromatic heterocycles. The van der Waals surface area contributed by atoms with E-state index < -0.39 is 0 Å². The van der Waals surface area contributed by atoms with Crippen molar-refractivity contribution in [3.63, 3.8) is 0 Å². The van der Waals surface area contributed by atoms with Crippen molar-refractivity contribution in [2.24, 2.45) is 0 Å². The molecule has 2 nitrogen and oxygen atoms in total. The normalized spacial score (nSPS) is 13.9. The second kappa shape index (κ2) is 6.78. The van der Waals surface area contributed by atoms with Crippen molar-refractivity contribution in [2.45, 2.75) is 32.4 Å². The highest BCUT2D eigenvalue weighted by atomic mass is 35.5. The van der Waals surface area contributed by atoms with Gasteiger partial charge >= 0.3 is 0 Å². The van der Waals surface area contributed by atoms with E-state index in [1.807, 2.05) is 30.3 Å². The Morgan fingerprint density at radius 3 is 2.35 bits per heavy atom. The largest absolute Gasteiger partial charge is 0.508 e. The lowest BCUT2D eigenvalue weighted by Crippen LogP contribution is -2.30. The van der Waals surface area contributed by atoms with Gasteiger partial charge in [0.05, 0.1) is 0 Å². The molecule has 20 heavy (non-hydrogen) atoms. The maximum absolute atomic E-state index is 9.31. The third-order valence-corrected chi connectivity index (χ3v) is 3.78. The molecular formula is C17H20ClNO. The van der Waals surface area contributed by atoms with E-state index in [1.165, 1.54) is 0 Å². The van der Waals surface area contributed by atoms with Crippen LogP contribution in [-0.4, -0.2) is 11.1 Å². The number of halogens is 1. The molecule has 0 saturated carbocycles. The Morgan fingerprint density at radius 1 is 1.05 bits per heavy atom. The van der Waals surface area contributed by atoms with Gasteiger partial charge in [-0.2, -0.15) is 0 Å². The summed E-state index contributed by atoms with van der Waals surface area (Å²) in [6, 6.07) is 15.8. The minimum Gasteiger partial charge on any atom is -0.508 e. The topological polar surface area (TPSA) is 32.3 Å². The highest BCUT2D eigenvalue weighted by molar-refractivity contribution is 6.31. The van der Waals surface area contributed by atoms with Gasteiger partial charge in [0, 0.05) is 17.1 Å². The summed E-state index contributed by atoms with van der Waals surface area (Å²) in [5.41, 5.74) is 2.32. The molecule has 0 radical (unpaired) electrons. The lowest BCUT2D eigenvalue weighted by molar-refractivity contribution is 0.468. The first-order valence-electron chi connectivity index (χ1n) is 6.84. The lowest BCUT2D eigenvalue weighted by Gasteiger charge is -2.21. The molecule has 0 saturated heterocycles. The molecule has 0 heterocycles. The third-order valence-electron chi connectivity index (χ3n) is 3.41. The molecule has 0 aliphatic rings. The molecule has 0 fully saturated rings. The number of hydrogen-bond acceptors (Lipinski definition) is 2. The zero-order chi connectivity index (χ0) is 14.5. The number of benzene rings is 2. The monoisotopic (exact) mass is 289 g/mol. The van der Waals surface area contributed by atoms with Crippen molar-refractivity contribution in [2.75, 3.05) is 0 Å². The van der Waals surface area contributed by atoms with Crippen LogP contribution in [0.4, 0.5) is 0 Å². The van der Waals surface area contributed by atoms with E-state index in [0.717, 1.165) is 22.6 Å². The van der Waals surface area contributed by atoms with Gasteiger partial charge < -0.3 is 10.4 Å². The van der Waals surface area contributed by atoms with Gasteiger partial charge in [0.1, 0.15) is 5.75 Å². The summed E-state index contributed by atoms with van der Waals surface area (Å²) in [7, 11) is 0. The maximum Gasteiger partial charge on any atom is 0.115 e. The van der Waals surface area contributed by atoms with Crippen LogP contribution in [0.3, 0.4) is 0 Å². The van der Waals surface area contributed by atoms with Crippen LogP contribution in [0.15, 0.2) is 48.5 Å². The van der Waals surface area contributed by atoms with Crippen LogP contribution in [0.2, 0.25) is 5.02 Å². The zero-order valence-corrected chi connectivity index (χ0v) is 12.6. The van der Waals surface area contributed by atoms with Crippen LogP contribution in [0.5, 0.6) is 5.75 Å². The number of nitrogens with one attached hydrogen (secondary N) is 1. The SMILES string of the molecule is CC(Cc1ccccc1Cl)NC(C)c1ccc(O)cc1. The lowest BCUT2D eigenvalue weighted by atomic mass is 10.0. The van der Waals surface area contributed by atoms with Crippen molar-refractivity contribution in [3.8, 4) is 5.75 Å². The van der Waals surface area contributed by atoms with Crippen molar-refractivity contribution >= 4 is 11.6 Å². The fourth-order valence-corrected chi connectivity index (χ4v) is 2.55. The fourth-order valence-electron chi connectivity index (χ4n) is 2.34. The average molecular weight is 290 g/mol. The summed E-state index contributed by atoms with van der Waals surface area (Å²) in [4.78, 5) is 0. The molecule has 2 unspecified atom stereocenters. The number of aromatic hydroxyl groups is 1. The molecule has 2 atom stereocenters. The molecule has 0 spiro atoms. The molecule has 0 aliphatic carbocycles. The van der Waals surface area contributed by atoms with Crippen molar-refractivity contribution in [1.29, 1.82) is 0 Å². The number of hydrogen-bond donors (Lipinski definition) is 2. The summed E-state index contributed by atoms with van der Waals surface area (Å²) in [6.07, 6.45) is 0.891. The molecule has 2 N–H and O–H groups in total. The van der Waals surface area contributed by atoms with Crippen molar-refractivity contribution in [3.05, 3.63) is 64.7 Å². The van der Waals surface area contributed by atoms with Gasteiger partial charge in [0.25, 0.3) is 0 Å². The molecule has 2 aromatic rings. The van der Waals surface area contributed by atoms with Crippen LogP contribution in [0, 0.1) is 0 Å². The number of phenols is 1. The zero-order valence-electron chi connectivity index (χ0n) is 11.8. The Morgan fingerprint density at radius 2 is 1.70 bits per heavy atom. The summed E-state index contributed by atoms with van der Waals surface area (Å²) < 4.78 is 0. The van der Waals surface area contributed by atoms with E-state index >= 15 is 0 Å². The van der Waals surface area contributed by atoms with E-state index in [1.54, 1.807) is 12.1 Å². The predicted molar refractivity (Wildman–Crippen MR) is 84.3 cm³/mol. The van der Waals surface area contributed by atoms with Crippen LogP contribution >= 0.6 is 11.6 Å². The van der Waals surface area contributed by atoms with Gasteiger partial charge in [-0.05, 0) is 49.6 Å². The molecule has 0 aliphatic heterocycles. The minimum absolute atomic E-state index is 0.230. The van der Waals surface area contributed by atoms with Crippen LogP contribution in [0.1, 0.15) is 31.0 Å². The average Bonchev–Trinajstić information content (AvgIpc) is 2.42. The van der Waals surface area contributed by atoms with Crippen LogP contribution in [0.25, 0.3) is 0 Å². The minimum atomic E-state index is 0.230. The quantitative estimate of drug-likeness (QED) is 0.859. The van der Waals surface area contributed by atoms with Gasteiger partial charge in [0.15, 0.2) is 0 Å². The highest BCUT2D eigenvalue weighted by Gasteiger charge is 2.11. The van der Waals surface area contributed by atoms with Crippen molar-refractivity contribution in [1.82, 2.24) is 5.32 Å². The fraction of sp³-hybridized carbons (Fsp3) is 0.294. The molecule has 0 bridgehead atoms. The summed E-state index contributed by atoms with van der Waals surface area (Å²) in [6.45, 7) is 4.27. The van der Waals surface area contributed by atoms with E-state index in [2.05, 4.69) is 25.2 Å². The standard InChI is InChI=1S/C17H20ClNO/c1-12(11-15-5-3-4-6-17(15)18)19-13(2)14-7-9-16(20)10-8-14/h3-10,12-13,19-20H,11H2,1-2H3. The Bertz CT molecular complexity index is 553. The smallest absolute Gasteiger partial charge is 0.115 e. The van der Waals surface area contributed by atoms with E-state index in [9.17, 15) is 5.11 Å². The first-order chi connectivity index (χ1) is 9.56. The Labute approximate surface area is 125 Å². The molecule has 3 heteroatoms. The van der Waals surface area contributed by atoms with Crippen LogP contribution < -0.4 is 5.32 Å². The Hall–Kier alpha value is -1.51. The van der Waals surface area contributed by atoms with E-state index in [-0.39, 0.29) is 6.04 Å². The molecular weight excluding hydrogens is 270 g/mol. The molecule has 0 amide bonds. The first-order valence-corrected chi connectivity index (χ1v) is 7.22. The van der Waals surface area contributed by atoms with E-state index in [4.69, 9.17) is 11.6 Å².